The van der Waals surface area contributed by atoms with E-state index in [2.05, 4.69) is 20.6 Å². The van der Waals surface area contributed by atoms with E-state index >= 15 is 0 Å². The molecule has 0 unspecified atom stereocenters. The highest BCUT2D eigenvalue weighted by molar-refractivity contribution is 5.99. The fourth-order valence-electron chi connectivity index (χ4n) is 2.46. The molecule has 1 aromatic carbocycles. The van der Waals surface area contributed by atoms with Gasteiger partial charge in [-0.2, -0.15) is 0 Å². The van der Waals surface area contributed by atoms with Gasteiger partial charge in [-0.05, 0) is 37.3 Å². The predicted molar refractivity (Wildman–Crippen MR) is 99.9 cm³/mol. The van der Waals surface area contributed by atoms with Crippen LogP contribution in [0.3, 0.4) is 0 Å². The first kappa shape index (κ1) is 17.6. The number of pyridine rings is 2. The van der Waals surface area contributed by atoms with Gasteiger partial charge in [0.25, 0.3) is 5.91 Å². The van der Waals surface area contributed by atoms with Crippen LogP contribution in [0.1, 0.15) is 17.3 Å². The van der Waals surface area contributed by atoms with Crippen LogP contribution < -0.4 is 22.1 Å². The molecule has 134 valence electrons. The molecule has 0 aliphatic rings. The lowest BCUT2D eigenvalue weighted by molar-refractivity contribution is 0.100. The molecule has 0 spiro atoms. The molecular formula is C18H19FN6O. The normalized spacial score (nSPS) is 12.0. The quantitative estimate of drug-likeness (QED) is 0.540. The largest absolute Gasteiger partial charge is 0.365 e. The predicted octanol–water partition coefficient (Wildman–Crippen LogP) is 2.37. The van der Waals surface area contributed by atoms with Crippen molar-refractivity contribution < 1.29 is 9.18 Å². The molecule has 0 bridgehead atoms. The van der Waals surface area contributed by atoms with E-state index in [9.17, 15) is 9.18 Å². The zero-order valence-corrected chi connectivity index (χ0v) is 14.2. The van der Waals surface area contributed by atoms with Gasteiger partial charge in [-0.15, -0.1) is 0 Å². The Labute approximate surface area is 149 Å². The summed E-state index contributed by atoms with van der Waals surface area (Å²) in [6.45, 7) is 2.10. The van der Waals surface area contributed by atoms with Gasteiger partial charge in [0.15, 0.2) is 11.6 Å². The van der Waals surface area contributed by atoms with Crippen molar-refractivity contribution in [3.63, 3.8) is 0 Å². The second-order valence-electron chi connectivity index (χ2n) is 5.90. The van der Waals surface area contributed by atoms with Crippen LogP contribution in [-0.4, -0.2) is 28.5 Å². The number of nitrogens with zero attached hydrogens (tertiary/aromatic N) is 2. The number of hydrogen-bond acceptors (Lipinski definition) is 6. The standard InChI is InChI=1S/C18H19FN6O/c1-10(9-20)23-18-14(19)8-13(16(21)26)17(25-18)24-12-4-5-15-11(7-12)3-2-6-22-15/h2-8,10H,9,20H2,1H3,(H2,21,26)(H2,23,24,25)/t10-/m1/s1. The number of rotatable bonds is 6. The number of primary amides is 1. The van der Waals surface area contributed by atoms with E-state index in [-0.39, 0.29) is 23.2 Å². The van der Waals surface area contributed by atoms with Crippen LogP contribution in [0.4, 0.5) is 21.7 Å². The lowest BCUT2D eigenvalue weighted by Crippen LogP contribution is -2.26. The van der Waals surface area contributed by atoms with Crippen molar-refractivity contribution in [2.45, 2.75) is 13.0 Å². The molecule has 1 atom stereocenters. The zero-order valence-electron chi connectivity index (χ0n) is 14.2. The van der Waals surface area contributed by atoms with Gasteiger partial charge < -0.3 is 22.1 Å². The summed E-state index contributed by atoms with van der Waals surface area (Å²) in [5.74, 6) is -1.29. The van der Waals surface area contributed by atoms with Crippen molar-refractivity contribution >= 4 is 34.1 Å². The number of fused-ring (bicyclic) bond motifs is 1. The fraction of sp³-hybridized carbons (Fsp3) is 0.167. The molecule has 2 heterocycles. The maximum Gasteiger partial charge on any atom is 0.252 e. The number of nitrogens with two attached hydrogens (primary N) is 2. The summed E-state index contributed by atoms with van der Waals surface area (Å²) in [7, 11) is 0. The third-order valence-electron chi connectivity index (χ3n) is 3.84. The molecule has 3 aromatic rings. The summed E-state index contributed by atoms with van der Waals surface area (Å²) in [4.78, 5) is 20.1. The first-order valence-electron chi connectivity index (χ1n) is 8.06. The molecule has 8 heteroatoms. The lowest BCUT2D eigenvalue weighted by Gasteiger charge is -2.16. The van der Waals surface area contributed by atoms with E-state index in [1.54, 1.807) is 19.2 Å². The Hall–Kier alpha value is -3.26. The average molecular weight is 354 g/mol. The molecule has 1 amide bonds. The molecule has 26 heavy (non-hydrogen) atoms. The SMILES string of the molecule is C[C@H](CN)Nc1nc(Nc2ccc3ncccc3c2)c(C(N)=O)cc1F. The molecule has 0 aliphatic heterocycles. The van der Waals surface area contributed by atoms with Crippen LogP contribution in [0.2, 0.25) is 0 Å². The van der Waals surface area contributed by atoms with Crippen molar-refractivity contribution in [1.82, 2.24) is 9.97 Å². The van der Waals surface area contributed by atoms with Crippen LogP contribution in [0.15, 0.2) is 42.6 Å². The van der Waals surface area contributed by atoms with Crippen molar-refractivity contribution in [2.24, 2.45) is 11.5 Å². The number of hydrogen-bond donors (Lipinski definition) is 4. The summed E-state index contributed by atoms with van der Waals surface area (Å²) in [6.07, 6.45) is 1.71. The van der Waals surface area contributed by atoms with Gasteiger partial charge in [0.05, 0.1) is 11.1 Å². The molecule has 6 N–H and O–H groups in total. The first-order chi connectivity index (χ1) is 12.5. The van der Waals surface area contributed by atoms with Crippen molar-refractivity contribution in [1.29, 1.82) is 0 Å². The Morgan fingerprint density at radius 1 is 1.27 bits per heavy atom. The highest BCUT2D eigenvalue weighted by Crippen LogP contribution is 2.25. The van der Waals surface area contributed by atoms with Crippen molar-refractivity contribution in [2.75, 3.05) is 17.2 Å². The molecule has 0 saturated heterocycles. The summed E-state index contributed by atoms with van der Waals surface area (Å²) in [5, 5.41) is 6.81. The van der Waals surface area contributed by atoms with Gasteiger partial charge in [-0.3, -0.25) is 9.78 Å². The molecule has 0 fully saturated rings. The highest BCUT2D eigenvalue weighted by atomic mass is 19.1. The zero-order chi connectivity index (χ0) is 18.7. The Morgan fingerprint density at radius 2 is 2.08 bits per heavy atom. The summed E-state index contributed by atoms with van der Waals surface area (Å²) in [6, 6.07) is 10.1. The molecule has 0 aliphatic carbocycles. The highest BCUT2D eigenvalue weighted by Gasteiger charge is 2.17. The number of aromatic nitrogens is 2. The van der Waals surface area contributed by atoms with Crippen LogP contribution in [0, 0.1) is 5.82 Å². The number of carbonyl (C=O) groups is 1. The summed E-state index contributed by atoms with van der Waals surface area (Å²) in [5.41, 5.74) is 12.4. The van der Waals surface area contributed by atoms with E-state index in [0.29, 0.717) is 12.2 Å². The Morgan fingerprint density at radius 3 is 2.81 bits per heavy atom. The lowest BCUT2D eigenvalue weighted by atomic mass is 10.2. The second-order valence-corrected chi connectivity index (χ2v) is 5.90. The fourth-order valence-corrected chi connectivity index (χ4v) is 2.46. The van der Waals surface area contributed by atoms with Crippen LogP contribution in [-0.2, 0) is 0 Å². The number of anilines is 3. The van der Waals surface area contributed by atoms with Crippen LogP contribution >= 0.6 is 0 Å². The van der Waals surface area contributed by atoms with Gasteiger partial charge >= 0.3 is 0 Å². The minimum Gasteiger partial charge on any atom is -0.365 e. The molecule has 7 nitrogen and oxygen atoms in total. The maximum atomic E-state index is 14.2. The Kier molecular flexibility index (Phi) is 4.94. The molecule has 2 aromatic heterocycles. The Bertz CT molecular complexity index is 962. The van der Waals surface area contributed by atoms with Crippen LogP contribution in [0.5, 0.6) is 0 Å². The number of nitrogens with one attached hydrogen (secondary N) is 2. The minimum atomic E-state index is -0.778. The third kappa shape index (κ3) is 3.70. The molecule has 0 saturated carbocycles. The average Bonchev–Trinajstić information content (AvgIpc) is 2.63. The smallest absolute Gasteiger partial charge is 0.252 e. The van der Waals surface area contributed by atoms with E-state index in [1.165, 1.54) is 0 Å². The second kappa shape index (κ2) is 7.32. The van der Waals surface area contributed by atoms with Crippen molar-refractivity contribution in [3.05, 3.63) is 54.0 Å². The number of amides is 1. The number of carbonyl (C=O) groups excluding carboxylic acids is 1. The van der Waals surface area contributed by atoms with E-state index in [0.717, 1.165) is 17.0 Å². The minimum absolute atomic E-state index is 0.00194. The van der Waals surface area contributed by atoms with E-state index < -0.39 is 11.7 Å². The monoisotopic (exact) mass is 354 g/mol. The summed E-state index contributed by atoms with van der Waals surface area (Å²) < 4.78 is 14.2. The van der Waals surface area contributed by atoms with Crippen LogP contribution in [0.25, 0.3) is 10.9 Å². The van der Waals surface area contributed by atoms with Gasteiger partial charge in [-0.1, -0.05) is 6.07 Å². The van der Waals surface area contributed by atoms with Gasteiger partial charge in [-0.25, -0.2) is 9.37 Å². The van der Waals surface area contributed by atoms with E-state index in [4.69, 9.17) is 11.5 Å². The van der Waals surface area contributed by atoms with Gasteiger partial charge in [0.1, 0.15) is 5.82 Å². The molecular weight excluding hydrogens is 335 g/mol. The van der Waals surface area contributed by atoms with Gasteiger partial charge in [0.2, 0.25) is 0 Å². The Balaban J connectivity index is 2.00. The molecule has 0 radical (unpaired) electrons. The third-order valence-corrected chi connectivity index (χ3v) is 3.84. The first-order valence-corrected chi connectivity index (χ1v) is 8.06. The number of halogens is 1. The number of benzene rings is 1. The summed E-state index contributed by atoms with van der Waals surface area (Å²) >= 11 is 0. The van der Waals surface area contributed by atoms with Crippen molar-refractivity contribution in [3.8, 4) is 0 Å². The maximum absolute atomic E-state index is 14.2. The van der Waals surface area contributed by atoms with Gasteiger partial charge in [0, 0.05) is 29.9 Å². The van der Waals surface area contributed by atoms with E-state index in [1.807, 2.05) is 24.3 Å². The topological polar surface area (TPSA) is 119 Å². The molecule has 3 rings (SSSR count).